The number of hydrogen-bond acceptors (Lipinski definition) is 3. The van der Waals surface area contributed by atoms with Crippen LogP contribution < -0.4 is 16.2 Å². The molecule has 0 heterocycles. The van der Waals surface area contributed by atoms with Crippen molar-refractivity contribution in [2.24, 2.45) is 0 Å². The summed E-state index contributed by atoms with van der Waals surface area (Å²) in [6, 6.07) is 5.81. The van der Waals surface area contributed by atoms with Crippen molar-refractivity contribution in [3.63, 3.8) is 0 Å². The standard InChI is InChI=1S/C14H24N2O2Si/c1-14(2,3)18-13(17)16-12-8-7-10(9-11(12)15)19(4,5)6/h7-9H,15H2,1-6H3,(H,16,17). The lowest BCUT2D eigenvalue weighted by Crippen LogP contribution is -2.37. The smallest absolute Gasteiger partial charge is 0.412 e. The maximum atomic E-state index is 11.7. The van der Waals surface area contributed by atoms with Gasteiger partial charge in [-0.2, -0.15) is 0 Å². The van der Waals surface area contributed by atoms with Gasteiger partial charge in [-0.25, -0.2) is 4.79 Å². The van der Waals surface area contributed by atoms with E-state index in [9.17, 15) is 4.79 Å². The molecule has 4 nitrogen and oxygen atoms in total. The van der Waals surface area contributed by atoms with Crippen LogP contribution in [0.3, 0.4) is 0 Å². The number of rotatable bonds is 2. The molecule has 5 heteroatoms. The largest absolute Gasteiger partial charge is 0.444 e. The molecule has 1 aromatic carbocycles. The summed E-state index contributed by atoms with van der Waals surface area (Å²) in [5.74, 6) is 0. The van der Waals surface area contributed by atoms with E-state index >= 15 is 0 Å². The fraction of sp³-hybridized carbons (Fsp3) is 0.500. The molecule has 0 saturated carbocycles. The van der Waals surface area contributed by atoms with E-state index in [1.165, 1.54) is 5.19 Å². The van der Waals surface area contributed by atoms with Crippen LogP contribution in [0.15, 0.2) is 18.2 Å². The molecule has 3 N–H and O–H groups in total. The van der Waals surface area contributed by atoms with Crippen LogP contribution in [0.2, 0.25) is 19.6 Å². The minimum absolute atomic E-state index is 0.486. The molecule has 0 atom stereocenters. The van der Waals surface area contributed by atoms with Gasteiger partial charge in [0.05, 0.1) is 19.4 Å². The molecule has 1 rings (SSSR count). The Labute approximate surface area is 116 Å². The number of ether oxygens (including phenoxy) is 1. The first kappa shape index (κ1) is 15.6. The molecular formula is C14H24N2O2Si. The van der Waals surface area contributed by atoms with E-state index in [0.29, 0.717) is 11.4 Å². The van der Waals surface area contributed by atoms with Crippen molar-refractivity contribution in [2.45, 2.75) is 46.0 Å². The normalized spacial score (nSPS) is 12.1. The molecule has 0 spiro atoms. The Morgan fingerprint density at radius 3 is 2.26 bits per heavy atom. The Balaban J connectivity index is 2.84. The van der Waals surface area contributed by atoms with E-state index in [-0.39, 0.29) is 0 Å². The number of benzene rings is 1. The lowest BCUT2D eigenvalue weighted by Gasteiger charge is -2.21. The number of carbonyl (C=O) groups is 1. The monoisotopic (exact) mass is 280 g/mol. The summed E-state index contributed by atoms with van der Waals surface area (Å²) in [6.07, 6.45) is -0.486. The third kappa shape index (κ3) is 4.94. The van der Waals surface area contributed by atoms with E-state index in [0.717, 1.165) is 0 Å². The topological polar surface area (TPSA) is 64.3 Å². The van der Waals surface area contributed by atoms with Gasteiger partial charge in [0, 0.05) is 0 Å². The SMILES string of the molecule is CC(C)(C)OC(=O)Nc1ccc([Si](C)(C)C)cc1N. The van der Waals surface area contributed by atoms with Crippen molar-refractivity contribution < 1.29 is 9.53 Å². The molecule has 1 aromatic rings. The van der Waals surface area contributed by atoms with E-state index in [1.807, 2.05) is 39.0 Å². The van der Waals surface area contributed by atoms with Gasteiger partial charge in [-0.1, -0.05) is 30.9 Å². The average Bonchev–Trinajstić information content (AvgIpc) is 2.16. The first-order chi connectivity index (χ1) is 8.49. The summed E-state index contributed by atoms with van der Waals surface area (Å²) < 4.78 is 5.20. The summed E-state index contributed by atoms with van der Waals surface area (Å²) in [5, 5.41) is 3.94. The fourth-order valence-electron chi connectivity index (χ4n) is 1.56. The van der Waals surface area contributed by atoms with Gasteiger partial charge in [-0.3, -0.25) is 5.32 Å². The van der Waals surface area contributed by atoms with Crippen molar-refractivity contribution in [1.82, 2.24) is 0 Å². The molecule has 106 valence electrons. The number of anilines is 2. The summed E-state index contributed by atoms with van der Waals surface area (Å²) in [5.41, 5.74) is 6.63. The number of nitrogens with two attached hydrogens (primary N) is 1. The summed E-state index contributed by atoms with van der Waals surface area (Å²) in [6.45, 7) is 12.2. The quantitative estimate of drug-likeness (QED) is 0.646. The van der Waals surface area contributed by atoms with Crippen LogP contribution in [0, 0.1) is 0 Å². The molecule has 0 radical (unpaired) electrons. The van der Waals surface area contributed by atoms with E-state index < -0.39 is 19.8 Å². The minimum atomic E-state index is -1.39. The van der Waals surface area contributed by atoms with Crippen LogP contribution >= 0.6 is 0 Å². The van der Waals surface area contributed by atoms with Crippen molar-refractivity contribution in [1.29, 1.82) is 0 Å². The summed E-state index contributed by atoms with van der Waals surface area (Å²) >= 11 is 0. The van der Waals surface area contributed by atoms with Crippen LogP contribution in [-0.2, 0) is 4.74 Å². The Morgan fingerprint density at radius 2 is 1.84 bits per heavy atom. The molecule has 0 saturated heterocycles. The van der Waals surface area contributed by atoms with Gasteiger partial charge in [0.2, 0.25) is 0 Å². The lowest BCUT2D eigenvalue weighted by molar-refractivity contribution is 0.0636. The molecule has 0 bridgehead atoms. The zero-order valence-electron chi connectivity index (χ0n) is 12.6. The van der Waals surface area contributed by atoms with Crippen LogP contribution in [0.25, 0.3) is 0 Å². The molecule has 0 aliphatic heterocycles. The van der Waals surface area contributed by atoms with Crippen LogP contribution in [0.4, 0.5) is 16.2 Å². The second-order valence-electron chi connectivity index (χ2n) is 6.68. The average molecular weight is 280 g/mol. The van der Waals surface area contributed by atoms with Gasteiger partial charge in [-0.05, 0) is 32.9 Å². The second kappa shape index (κ2) is 5.25. The highest BCUT2D eigenvalue weighted by atomic mass is 28.3. The van der Waals surface area contributed by atoms with Gasteiger partial charge in [0.15, 0.2) is 0 Å². The van der Waals surface area contributed by atoms with Crippen molar-refractivity contribution >= 4 is 30.7 Å². The Morgan fingerprint density at radius 1 is 1.26 bits per heavy atom. The van der Waals surface area contributed by atoms with Gasteiger partial charge in [0.1, 0.15) is 5.60 Å². The van der Waals surface area contributed by atoms with Crippen molar-refractivity contribution in [3.05, 3.63) is 18.2 Å². The molecular weight excluding hydrogens is 256 g/mol. The van der Waals surface area contributed by atoms with Gasteiger partial charge < -0.3 is 10.5 Å². The number of nitrogen functional groups attached to an aromatic ring is 1. The zero-order chi connectivity index (χ0) is 14.8. The Bertz CT molecular complexity index is 473. The van der Waals surface area contributed by atoms with E-state index in [1.54, 1.807) is 0 Å². The molecule has 0 aliphatic rings. The lowest BCUT2D eigenvalue weighted by atomic mass is 10.2. The first-order valence-corrected chi connectivity index (χ1v) is 9.89. The molecule has 19 heavy (non-hydrogen) atoms. The van der Waals surface area contributed by atoms with Crippen LogP contribution in [0.1, 0.15) is 20.8 Å². The highest BCUT2D eigenvalue weighted by Gasteiger charge is 2.19. The van der Waals surface area contributed by atoms with E-state index in [2.05, 4.69) is 25.0 Å². The number of hydrogen-bond donors (Lipinski definition) is 2. The zero-order valence-corrected chi connectivity index (χ0v) is 13.6. The van der Waals surface area contributed by atoms with Gasteiger partial charge in [0.25, 0.3) is 0 Å². The van der Waals surface area contributed by atoms with Crippen LogP contribution in [-0.4, -0.2) is 19.8 Å². The molecule has 1 amide bonds. The Hall–Kier alpha value is -1.49. The first-order valence-electron chi connectivity index (χ1n) is 6.39. The molecule has 0 aliphatic carbocycles. The predicted molar refractivity (Wildman–Crippen MR) is 83.7 cm³/mol. The third-order valence-electron chi connectivity index (χ3n) is 2.55. The highest BCUT2D eigenvalue weighted by Crippen LogP contribution is 2.19. The number of amides is 1. The molecule has 0 unspecified atom stereocenters. The summed E-state index contributed by atoms with van der Waals surface area (Å²) in [4.78, 5) is 11.7. The molecule has 0 aromatic heterocycles. The number of nitrogens with one attached hydrogen (secondary N) is 1. The van der Waals surface area contributed by atoms with Crippen LogP contribution in [0.5, 0.6) is 0 Å². The fourth-order valence-corrected chi connectivity index (χ4v) is 2.73. The highest BCUT2D eigenvalue weighted by molar-refractivity contribution is 6.88. The van der Waals surface area contributed by atoms with Gasteiger partial charge in [-0.15, -0.1) is 0 Å². The maximum Gasteiger partial charge on any atom is 0.412 e. The number of carbonyl (C=O) groups excluding carboxylic acids is 1. The van der Waals surface area contributed by atoms with Crippen molar-refractivity contribution in [2.75, 3.05) is 11.1 Å². The van der Waals surface area contributed by atoms with Crippen molar-refractivity contribution in [3.8, 4) is 0 Å². The van der Waals surface area contributed by atoms with Gasteiger partial charge >= 0.3 is 6.09 Å². The van der Waals surface area contributed by atoms with E-state index in [4.69, 9.17) is 10.5 Å². The second-order valence-corrected chi connectivity index (χ2v) is 11.8. The summed E-state index contributed by atoms with van der Waals surface area (Å²) in [7, 11) is -1.39. The molecule has 0 fully saturated rings. The Kier molecular flexibility index (Phi) is 4.30. The minimum Gasteiger partial charge on any atom is -0.444 e. The third-order valence-corrected chi connectivity index (χ3v) is 4.60. The predicted octanol–water partition coefficient (Wildman–Crippen LogP) is 3.16. The maximum absolute atomic E-state index is 11.7.